The highest BCUT2D eigenvalue weighted by molar-refractivity contribution is 5.63. The molecule has 0 amide bonds. The maximum atomic E-state index is 5.63. The second-order valence-electron chi connectivity index (χ2n) is 4.23. The summed E-state index contributed by atoms with van der Waals surface area (Å²) in [7, 11) is 1.56. The first-order chi connectivity index (χ1) is 8.76. The van der Waals surface area contributed by atoms with E-state index in [1.165, 1.54) is 6.33 Å². The Morgan fingerprint density at radius 2 is 2.28 bits per heavy atom. The van der Waals surface area contributed by atoms with Crippen molar-refractivity contribution >= 4 is 11.6 Å². The van der Waals surface area contributed by atoms with Gasteiger partial charge in [-0.1, -0.05) is 0 Å². The molecule has 4 N–H and O–H groups in total. The van der Waals surface area contributed by atoms with Gasteiger partial charge in [0.25, 0.3) is 0 Å². The molecule has 2 unspecified atom stereocenters. The predicted octanol–water partition coefficient (Wildman–Crippen LogP) is 0.750. The summed E-state index contributed by atoms with van der Waals surface area (Å²) in [6.07, 6.45) is 3.80. The van der Waals surface area contributed by atoms with Crippen molar-refractivity contribution in [2.45, 2.75) is 31.9 Å². The molecule has 1 aromatic rings. The molecule has 7 heteroatoms. The van der Waals surface area contributed by atoms with Crippen molar-refractivity contribution in [1.29, 1.82) is 0 Å². The highest BCUT2D eigenvalue weighted by Crippen LogP contribution is 2.29. The van der Waals surface area contributed by atoms with Crippen LogP contribution in [0.4, 0.5) is 11.6 Å². The molecule has 0 saturated carbocycles. The number of aromatic nitrogens is 2. The smallest absolute Gasteiger partial charge is 0.205 e. The predicted molar refractivity (Wildman–Crippen MR) is 68.5 cm³/mol. The molecular weight excluding hydrogens is 234 g/mol. The SMILES string of the molecule is COc1c(NN)ncnc1NC(C)C1CCCO1. The lowest BCUT2D eigenvalue weighted by atomic mass is 10.1. The Morgan fingerprint density at radius 3 is 2.89 bits per heavy atom. The van der Waals surface area contributed by atoms with Crippen LogP contribution in [-0.2, 0) is 4.74 Å². The maximum absolute atomic E-state index is 5.63. The average molecular weight is 253 g/mol. The van der Waals surface area contributed by atoms with Gasteiger partial charge in [0.2, 0.25) is 5.75 Å². The van der Waals surface area contributed by atoms with Crippen molar-refractivity contribution in [2.75, 3.05) is 24.5 Å². The zero-order valence-electron chi connectivity index (χ0n) is 10.6. The summed E-state index contributed by atoms with van der Waals surface area (Å²) >= 11 is 0. The average Bonchev–Trinajstić information content (AvgIpc) is 2.92. The summed E-state index contributed by atoms with van der Waals surface area (Å²) in [6.45, 7) is 2.89. The number of hydrazine groups is 1. The van der Waals surface area contributed by atoms with Crippen molar-refractivity contribution in [3.63, 3.8) is 0 Å². The van der Waals surface area contributed by atoms with Crippen LogP contribution in [0.15, 0.2) is 6.33 Å². The summed E-state index contributed by atoms with van der Waals surface area (Å²) in [6, 6.07) is 0.155. The van der Waals surface area contributed by atoms with E-state index in [1.807, 2.05) is 0 Å². The number of nitrogens with two attached hydrogens (primary N) is 1. The van der Waals surface area contributed by atoms with Gasteiger partial charge in [-0.2, -0.15) is 0 Å². The molecule has 7 nitrogen and oxygen atoms in total. The highest BCUT2D eigenvalue weighted by Gasteiger charge is 2.24. The Hall–Kier alpha value is -1.60. The highest BCUT2D eigenvalue weighted by atomic mass is 16.5. The molecule has 1 saturated heterocycles. The van der Waals surface area contributed by atoms with Gasteiger partial charge in [0.05, 0.1) is 19.3 Å². The Morgan fingerprint density at radius 1 is 1.50 bits per heavy atom. The van der Waals surface area contributed by atoms with E-state index in [-0.39, 0.29) is 12.1 Å². The number of anilines is 2. The molecule has 1 aliphatic heterocycles. The molecular formula is C11H19N5O2. The summed E-state index contributed by atoms with van der Waals surface area (Å²) in [5.74, 6) is 6.95. The van der Waals surface area contributed by atoms with E-state index in [1.54, 1.807) is 7.11 Å². The summed E-state index contributed by atoms with van der Waals surface area (Å²) in [4.78, 5) is 8.16. The molecule has 0 bridgehead atoms. The van der Waals surface area contributed by atoms with Gasteiger partial charge in [-0.15, -0.1) is 0 Å². The van der Waals surface area contributed by atoms with Gasteiger partial charge >= 0.3 is 0 Å². The minimum Gasteiger partial charge on any atom is -0.490 e. The van der Waals surface area contributed by atoms with E-state index >= 15 is 0 Å². The van der Waals surface area contributed by atoms with E-state index in [4.69, 9.17) is 15.3 Å². The molecule has 1 fully saturated rings. The third kappa shape index (κ3) is 2.62. The standard InChI is InChI=1S/C11H19N5O2/c1-7(8-4-3-5-18-8)15-10-9(17-2)11(16-12)14-6-13-10/h6-8H,3-5,12H2,1-2H3,(H2,13,14,15,16). The van der Waals surface area contributed by atoms with Crippen molar-refractivity contribution in [2.24, 2.45) is 5.84 Å². The lowest BCUT2D eigenvalue weighted by molar-refractivity contribution is 0.0995. The fourth-order valence-corrected chi connectivity index (χ4v) is 2.08. The van der Waals surface area contributed by atoms with Crippen LogP contribution in [0.3, 0.4) is 0 Å². The zero-order chi connectivity index (χ0) is 13.0. The van der Waals surface area contributed by atoms with Gasteiger partial charge in [0.1, 0.15) is 6.33 Å². The number of nitrogen functional groups attached to an aromatic ring is 1. The molecule has 1 aliphatic rings. The van der Waals surface area contributed by atoms with E-state index < -0.39 is 0 Å². The Kier molecular flexibility index (Phi) is 4.16. The van der Waals surface area contributed by atoms with E-state index in [2.05, 4.69) is 27.6 Å². The summed E-state index contributed by atoms with van der Waals surface area (Å²) in [5.41, 5.74) is 2.48. The number of rotatable bonds is 5. The number of hydrogen-bond acceptors (Lipinski definition) is 7. The van der Waals surface area contributed by atoms with Crippen LogP contribution < -0.4 is 21.3 Å². The Labute approximate surface area is 106 Å². The van der Waals surface area contributed by atoms with Crippen LogP contribution in [0.5, 0.6) is 5.75 Å². The van der Waals surface area contributed by atoms with E-state index in [9.17, 15) is 0 Å². The van der Waals surface area contributed by atoms with Crippen LogP contribution >= 0.6 is 0 Å². The molecule has 2 rings (SSSR count). The summed E-state index contributed by atoms with van der Waals surface area (Å²) in [5, 5.41) is 3.28. The van der Waals surface area contributed by atoms with Crippen LogP contribution in [0.25, 0.3) is 0 Å². The van der Waals surface area contributed by atoms with Gasteiger partial charge in [-0.3, -0.25) is 0 Å². The molecule has 0 aliphatic carbocycles. The van der Waals surface area contributed by atoms with Crippen LogP contribution in [-0.4, -0.2) is 35.8 Å². The first-order valence-corrected chi connectivity index (χ1v) is 6.00. The normalized spacial score (nSPS) is 20.5. The van der Waals surface area contributed by atoms with Gasteiger partial charge in [0, 0.05) is 6.61 Å². The van der Waals surface area contributed by atoms with E-state index in [0.29, 0.717) is 17.4 Å². The zero-order valence-corrected chi connectivity index (χ0v) is 10.6. The van der Waals surface area contributed by atoms with E-state index in [0.717, 1.165) is 19.4 Å². The minimum absolute atomic E-state index is 0.155. The third-order valence-electron chi connectivity index (χ3n) is 3.03. The monoisotopic (exact) mass is 253 g/mol. The Balaban J connectivity index is 2.12. The first-order valence-electron chi connectivity index (χ1n) is 6.00. The molecule has 18 heavy (non-hydrogen) atoms. The lowest BCUT2D eigenvalue weighted by Crippen LogP contribution is -2.30. The van der Waals surface area contributed by atoms with Crippen molar-refractivity contribution < 1.29 is 9.47 Å². The van der Waals surface area contributed by atoms with Crippen molar-refractivity contribution in [1.82, 2.24) is 9.97 Å². The van der Waals surface area contributed by atoms with Crippen LogP contribution in [0.1, 0.15) is 19.8 Å². The molecule has 2 atom stereocenters. The van der Waals surface area contributed by atoms with Gasteiger partial charge in [0.15, 0.2) is 11.6 Å². The lowest BCUT2D eigenvalue weighted by Gasteiger charge is -2.22. The third-order valence-corrected chi connectivity index (χ3v) is 3.03. The van der Waals surface area contributed by atoms with Crippen LogP contribution in [0, 0.1) is 0 Å². The largest absolute Gasteiger partial charge is 0.490 e. The summed E-state index contributed by atoms with van der Waals surface area (Å²) < 4.78 is 10.9. The number of ether oxygens (including phenoxy) is 2. The molecule has 1 aromatic heterocycles. The number of methoxy groups -OCH3 is 1. The molecule has 100 valence electrons. The fraction of sp³-hybridized carbons (Fsp3) is 0.636. The van der Waals surface area contributed by atoms with Gasteiger partial charge < -0.3 is 20.2 Å². The van der Waals surface area contributed by atoms with Crippen molar-refractivity contribution in [3.8, 4) is 5.75 Å². The molecule has 0 aromatic carbocycles. The number of nitrogens with zero attached hydrogens (tertiary/aromatic N) is 2. The maximum Gasteiger partial charge on any atom is 0.205 e. The first kappa shape index (κ1) is 12.8. The quantitative estimate of drug-likeness (QED) is 0.526. The van der Waals surface area contributed by atoms with Crippen molar-refractivity contribution in [3.05, 3.63) is 6.33 Å². The Bertz CT molecular complexity index is 395. The topological polar surface area (TPSA) is 94.3 Å². The fourth-order valence-electron chi connectivity index (χ4n) is 2.08. The molecule has 0 spiro atoms. The number of hydrogen-bond donors (Lipinski definition) is 3. The second-order valence-corrected chi connectivity index (χ2v) is 4.23. The molecule has 0 radical (unpaired) electrons. The number of nitrogens with one attached hydrogen (secondary N) is 2. The van der Waals surface area contributed by atoms with Gasteiger partial charge in [-0.25, -0.2) is 15.8 Å². The molecule has 2 heterocycles. The van der Waals surface area contributed by atoms with Gasteiger partial charge in [-0.05, 0) is 19.8 Å². The van der Waals surface area contributed by atoms with Crippen LogP contribution in [0.2, 0.25) is 0 Å². The minimum atomic E-state index is 0.155. The second kappa shape index (κ2) is 5.83.